The second-order valence-electron chi connectivity index (χ2n) is 4.57. The van der Waals surface area contributed by atoms with Crippen molar-refractivity contribution in [2.24, 2.45) is 0 Å². The summed E-state index contributed by atoms with van der Waals surface area (Å²) >= 11 is 0. The van der Waals surface area contributed by atoms with Gasteiger partial charge in [0.15, 0.2) is 6.23 Å². The van der Waals surface area contributed by atoms with E-state index in [0.29, 0.717) is 11.3 Å². The second-order valence-corrected chi connectivity index (χ2v) is 4.57. The van der Waals surface area contributed by atoms with Gasteiger partial charge < -0.3 is 20.1 Å². The van der Waals surface area contributed by atoms with Crippen LogP contribution >= 0.6 is 0 Å². The molecule has 106 valence electrons. The van der Waals surface area contributed by atoms with Crippen molar-refractivity contribution in [1.82, 2.24) is 9.55 Å². The first-order valence-corrected chi connectivity index (χ1v) is 5.83. The Morgan fingerprint density at radius 1 is 1.26 bits per heavy atom. The number of hydrogen-bond donors (Lipinski definition) is 4. The van der Waals surface area contributed by atoms with Gasteiger partial charge in [-0.3, -0.25) is 14.3 Å². The Kier molecular flexibility index (Phi) is 3.59. The van der Waals surface area contributed by atoms with Crippen molar-refractivity contribution in [3.8, 4) is 0 Å². The van der Waals surface area contributed by atoms with E-state index in [1.54, 1.807) is 6.92 Å². The van der Waals surface area contributed by atoms with E-state index in [9.17, 15) is 19.8 Å². The van der Waals surface area contributed by atoms with Crippen LogP contribution in [0.2, 0.25) is 0 Å². The first-order valence-electron chi connectivity index (χ1n) is 5.83. The number of ether oxygens (including phenoxy) is 1. The molecule has 0 aliphatic carbocycles. The number of H-pyrrole nitrogens is 1. The lowest BCUT2D eigenvalue weighted by molar-refractivity contribution is -0.0560. The van der Waals surface area contributed by atoms with Crippen LogP contribution in [0, 0.1) is 13.8 Å². The third-order valence-corrected chi connectivity index (χ3v) is 3.46. The molecule has 8 heteroatoms. The minimum absolute atomic E-state index is 0.317. The number of aromatic amines is 1. The van der Waals surface area contributed by atoms with E-state index in [-0.39, 0.29) is 0 Å². The molecule has 1 aromatic rings. The van der Waals surface area contributed by atoms with Crippen LogP contribution in [0.5, 0.6) is 0 Å². The highest BCUT2D eigenvalue weighted by atomic mass is 16.6. The SMILES string of the molecule is Cc1c(C)n([C@@H]2O[C@@H](CO)[C@@H](O)[C@@H]2O)c(=O)[nH]c1=O. The lowest BCUT2D eigenvalue weighted by atomic mass is 10.1. The molecule has 2 rings (SSSR count). The minimum atomic E-state index is -1.36. The molecular formula is C11H16N2O6. The number of aliphatic hydroxyl groups is 3. The summed E-state index contributed by atoms with van der Waals surface area (Å²) in [6.45, 7) is 2.59. The van der Waals surface area contributed by atoms with Crippen molar-refractivity contribution in [2.45, 2.75) is 38.4 Å². The van der Waals surface area contributed by atoms with E-state index in [1.165, 1.54) is 6.92 Å². The van der Waals surface area contributed by atoms with Crippen LogP contribution < -0.4 is 11.2 Å². The van der Waals surface area contributed by atoms with Gasteiger partial charge in [0.1, 0.15) is 18.3 Å². The molecule has 2 heterocycles. The molecule has 1 saturated heterocycles. The van der Waals surface area contributed by atoms with Crippen molar-refractivity contribution in [1.29, 1.82) is 0 Å². The number of nitrogens with zero attached hydrogens (tertiary/aromatic N) is 1. The zero-order valence-electron chi connectivity index (χ0n) is 10.5. The first-order chi connectivity index (χ1) is 8.88. The van der Waals surface area contributed by atoms with Gasteiger partial charge in [0.2, 0.25) is 0 Å². The largest absolute Gasteiger partial charge is 0.394 e. The van der Waals surface area contributed by atoms with E-state index in [4.69, 9.17) is 9.84 Å². The zero-order valence-corrected chi connectivity index (χ0v) is 10.5. The highest BCUT2D eigenvalue weighted by Crippen LogP contribution is 2.28. The van der Waals surface area contributed by atoms with Gasteiger partial charge in [-0.2, -0.15) is 0 Å². The highest BCUT2D eigenvalue weighted by molar-refractivity contribution is 5.15. The van der Waals surface area contributed by atoms with Gasteiger partial charge in [-0.05, 0) is 13.8 Å². The van der Waals surface area contributed by atoms with Crippen LogP contribution in [0.3, 0.4) is 0 Å². The Hall–Kier alpha value is -1.48. The fraction of sp³-hybridized carbons (Fsp3) is 0.636. The summed E-state index contributed by atoms with van der Waals surface area (Å²) in [4.78, 5) is 25.4. The Morgan fingerprint density at radius 3 is 2.42 bits per heavy atom. The van der Waals surface area contributed by atoms with E-state index in [1.807, 2.05) is 0 Å². The maximum atomic E-state index is 11.8. The van der Waals surface area contributed by atoms with Crippen LogP contribution in [0.25, 0.3) is 0 Å². The monoisotopic (exact) mass is 272 g/mol. The molecule has 0 radical (unpaired) electrons. The molecular weight excluding hydrogens is 256 g/mol. The third kappa shape index (κ3) is 2.12. The lowest BCUT2D eigenvalue weighted by Gasteiger charge is -2.20. The molecule has 0 saturated carbocycles. The summed E-state index contributed by atoms with van der Waals surface area (Å²) in [5.41, 5.74) is -0.589. The highest BCUT2D eigenvalue weighted by Gasteiger charge is 2.44. The number of hydrogen-bond acceptors (Lipinski definition) is 6. The third-order valence-electron chi connectivity index (χ3n) is 3.46. The van der Waals surface area contributed by atoms with Crippen molar-refractivity contribution < 1.29 is 20.1 Å². The van der Waals surface area contributed by atoms with Crippen LogP contribution in [0.4, 0.5) is 0 Å². The lowest BCUT2D eigenvalue weighted by Crippen LogP contribution is -2.40. The molecule has 19 heavy (non-hydrogen) atoms. The predicted octanol–water partition coefficient (Wildman–Crippen LogP) is -2.24. The Balaban J connectivity index is 2.52. The number of aliphatic hydroxyl groups excluding tert-OH is 3. The maximum Gasteiger partial charge on any atom is 0.330 e. The van der Waals surface area contributed by atoms with Gasteiger partial charge in [0.05, 0.1) is 6.61 Å². The average Bonchev–Trinajstić information content (AvgIpc) is 2.64. The normalized spacial score (nSPS) is 30.8. The van der Waals surface area contributed by atoms with E-state index in [0.717, 1.165) is 4.57 Å². The van der Waals surface area contributed by atoms with Crippen LogP contribution in [0.15, 0.2) is 9.59 Å². The van der Waals surface area contributed by atoms with Crippen LogP contribution in [-0.4, -0.2) is 49.8 Å². The van der Waals surface area contributed by atoms with Gasteiger partial charge in [0.25, 0.3) is 5.56 Å². The summed E-state index contributed by atoms with van der Waals surface area (Å²) in [5.74, 6) is 0. The Labute approximate surface area is 107 Å². The number of nitrogens with one attached hydrogen (secondary N) is 1. The molecule has 0 amide bonds. The molecule has 0 unspecified atom stereocenters. The molecule has 1 aliphatic heterocycles. The molecule has 0 bridgehead atoms. The number of rotatable bonds is 2. The fourth-order valence-corrected chi connectivity index (χ4v) is 2.15. The summed E-state index contributed by atoms with van der Waals surface area (Å²) in [6.07, 6.45) is -4.78. The maximum absolute atomic E-state index is 11.8. The van der Waals surface area contributed by atoms with E-state index < -0.39 is 42.4 Å². The molecule has 1 aromatic heterocycles. The Bertz CT molecular complexity index is 592. The minimum Gasteiger partial charge on any atom is -0.394 e. The van der Waals surface area contributed by atoms with Gasteiger partial charge in [-0.25, -0.2) is 4.79 Å². The average molecular weight is 272 g/mol. The predicted molar refractivity (Wildman–Crippen MR) is 63.8 cm³/mol. The number of aromatic nitrogens is 2. The molecule has 0 aromatic carbocycles. The Morgan fingerprint density at radius 2 is 1.89 bits per heavy atom. The first kappa shape index (κ1) is 13.9. The summed E-state index contributed by atoms with van der Waals surface area (Å²) in [6, 6.07) is 0. The zero-order chi connectivity index (χ0) is 14.3. The molecule has 1 aliphatic rings. The molecule has 0 spiro atoms. The quantitative estimate of drug-likeness (QED) is 0.482. The van der Waals surface area contributed by atoms with Gasteiger partial charge in [-0.15, -0.1) is 0 Å². The summed E-state index contributed by atoms with van der Waals surface area (Å²) < 4.78 is 6.34. The van der Waals surface area contributed by atoms with Crippen molar-refractivity contribution in [2.75, 3.05) is 6.61 Å². The smallest absolute Gasteiger partial charge is 0.330 e. The van der Waals surface area contributed by atoms with E-state index in [2.05, 4.69) is 4.98 Å². The standard InChI is InChI=1S/C11H16N2O6/c1-4-5(2)13(11(18)12-9(4)17)10-8(16)7(15)6(3-14)19-10/h6-8,10,14-16H,3H2,1-2H3,(H,12,17,18)/t6-,7+,8-,10+/m0/s1. The van der Waals surface area contributed by atoms with Gasteiger partial charge in [-0.1, -0.05) is 0 Å². The van der Waals surface area contributed by atoms with Crippen molar-refractivity contribution >= 4 is 0 Å². The molecule has 8 nitrogen and oxygen atoms in total. The van der Waals surface area contributed by atoms with Crippen LogP contribution in [0.1, 0.15) is 17.5 Å². The second kappa shape index (κ2) is 4.89. The molecule has 4 N–H and O–H groups in total. The summed E-state index contributed by atoms with van der Waals surface area (Å²) in [7, 11) is 0. The van der Waals surface area contributed by atoms with Gasteiger partial charge in [0, 0.05) is 11.3 Å². The summed E-state index contributed by atoms with van der Waals surface area (Å²) in [5, 5.41) is 28.6. The van der Waals surface area contributed by atoms with E-state index >= 15 is 0 Å². The molecule has 1 fully saturated rings. The van der Waals surface area contributed by atoms with Crippen molar-refractivity contribution in [3.05, 3.63) is 32.1 Å². The molecule has 4 atom stereocenters. The fourth-order valence-electron chi connectivity index (χ4n) is 2.15. The van der Waals surface area contributed by atoms with Crippen LogP contribution in [-0.2, 0) is 4.74 Å². The van der Waals surface area contributed by atoms with Gasteiger partial charge >= 0.3 is 5.69 Å². The van der Waals surface area contributed by atoms with Crippen molar-refractivity contribution in [3.63, 3.8) is 0 Å². The topological polar surface area (TPSA) is 125 Å².